The van der Waals surface area contributed by atoms with Crippen LogP contribution < -0.4 is 10.9 Å². The van der Waals surface area contributed by atoms with Gasteiger partial charge in [-0.25, -0.2) is 4.98 Å². The summed E-state index contributed by atoms with van der Waals surface area (Å²) in [6.07, 6.45) is 0.938. The Morgan fingerprint density at radius 3 is 2.94 bits per heavy atom. The molecular formula is C11H19N3O2. The van der Waals surface area contributed by atoms with Crippen molar-refractivity contribution in [1.29, 1.82) is 0 Å². The highest BCUT2D eigenvalue weighted by molar-refractivity contribution is 5.32. The van der Waals surface area contributed by atoms with Gasteiger partial charge in [0, 0.05) is 19.0 Å². The minimum absolute atomic E-state index is 0.126. The molecule has 0 aromatic carbocycles. The van der Waals surface area contributed by atoms with Crippen molar-refractivity contribution < 1.29 is 4.74 Å². The van der Waals surface area contributed by atoms with Gasteiger partial charge >= 0.3 is 0 Å². The van der Waals surface area contributed by atoms with Gasteiger partial charge in [-0.05, 0) is 13.8 Å². The number of anilines is 1. The third-order valence-corrected chi connectivity index (χ3v) is 1.98. The van der Waals surface area contributed by atoms with Crippen LogP contribution in [0.1, 0.15) is 26.6 Å². The van der Waals surface area contributed by atoms with Gasteiger partial charge < -0.3 is 15.0 Å². The Kier molecular flexibility index (Phi) is 4.98. The lowest BCUT2D eigenvalue weighted by Gasteiger charge is -2.09. The smallest absolute Gasteiger partial charge is 0.252 e. The summed E-state index contributed by atoms with van der Waals surface area (Å²) in [6, 6.07) is 1.45. The first-order valence-corrected chi connectivity index (χ1v) is 5.57. The maximum atomic E-state index is 11.2. The van der Waals surface area contributed by atoms with Crippen molar-refractivity contribution in [3.8, 4) is 0 Å². The second-order valence-corrected chi connectivity index (χ2v) is 3.78. The van der Waals surface area contributed by atoms with Gasteiger partial charge in [0.05, 0.1) is 12.7 Å². The van der Waals surface area contributed by atoms with Crippen LogP contribution in [0.3, 0.4) is 0 Å². The fraction of sp³-hybridized carbons (Fsp3) is 0.636. The molecule has 0 aliphatic heterocycles. The number of aryl methyl sites for hydroxylation is 1. The van der Waals surface area contributed by atoms with E-state index in [4.69, 9.17) is 4.74 Å². The molecule has 0 aliphatic rings. The number of aromatic amines is 1. The Hall–Kier alpha value is -1.36. The van der Waals surface area contributed by atoms with Gasteiger partial charge in [-0.2, -0.15) is 0 Å². The molecule has 1 rings (SSSR count). The third kappa shape index (κ3) is 4.44. The van der Waals surface area contributed by atoms with Crippen molar-refractivity contribution in [2.75, 3.05) is 18.5 Å². The second-order valence-electron chi connectivity index (χ2n) is 3.78. The van der Waals surface area contributed by atoms with E-state index in [1.54, 1.807) is 0 Å². The Morgan fingerprint density at radius 2 is 2.31 bits per heavy atom. The SMILES string of the molecule is CCc1nc(NCCOC(C)C)cc(=O)[nH]1. The van der Waals surface area contributed by atoms with Crippen LogP contribution in [-0.2, 0) is 11.2 Å². The zero-order valence-corrected chi connectivity index (χ0v) is 10.0. The molecule has 0 amide bonds. The van der Waals surface area contributed by atoms with Crippen molar-refractivity contribution >= 4 is 5.82 Å². The summed E-state index contributed by atoms with van der Waals surface area (Å²) < 4.78 is 5.37. The van der Waals surface area contributed by atoms with E-state index in [-0.39, 0.29) is 11.7 Å². The summed E-state index contributed by atoms with van der Waals surface area (Å²) in [5.41, 5.74) is -0.126. The van der Waals surface area contributed by atoms with Crippen molar-refractivity contribution in [3.05, 3.63) is 22.2 Å². The van der Waals surface area contributed by atoms with Crippen LogP contribution in [0.5, 0.6) is 0 Å². The first-order chi connectivity index (χ1) is 7.61. The first kappa shape index (κ1) is 12.7. The van der Waals surface area contributed by atoms with E-state index < -0.39 is 0 Å². The number of nitrogens with zero attached hydrogens (tertiary/aromatic N) is 1. The molecule has 1 aromatic heterocycles. The van der Waals surface area contributed by atoms with Gasteiger partial charge in [0.2, 0.25) is 0 Å². The van der Waals surface area contributed by atoms with Gasteiger partial charge in [0.15, 0.2) is 0 Å². The zero-order chi connectivity index (χ0) is 12.0. The number of H-pyrrole nitrogens is 1. The Bertz CT molecular complexity index is 374. The Morgan fingerprint density at radius 1 is 1.56 bits per heavy atom. The summed E-state index contributed by atoms with van der Waals surface area (Å²) in [5.74, 6) is 1.30. The predicted octanol–water partition coefficient (Wildman–Crippen LogP) is 1.17. The molecule has 0 fully saturated rings. The first-order valence-electron chi connectivity index (χ1n) is 5.57. The summed E-state index contributed by atoms with van der Waals surface area (Å²) in [6.45, 7) is 7.18. The predicted molar refractivity (Wildman–Crippen MR) is 63.8 cm³/mol. The van der Waals surface area contributed by atoms with E-state index in [1.165, 1.54) is 6.07 Å². The van der Waals surface area contributed by atoms with Gasteiger partial charge in [-0.15, -0.1) is 0 Å². The lowest BCUT2D eigenvalue weighted by molar-refractivity contribution is 0.0870. The van der Waals surface area contributed by atoms with Crippen LogP contribution in [-0.4, -0.2) is 29.2 Å². The topological polar surface area (TPSA) is 67.0 Å². The molecule has 2 N–H and O–H groups in total. The molecule has 1 aromatic rings. The van der Waals surface area contributed by atoms with E-state index in [0.717, 1.165) is 0 Å². The van der Waals surface area contributed by atoms with E-state index in [2.05, 4.69) is 15.3 Å². The number of aromatic nitrogens is 2. The summed E-state index contributed by atoms with van der Waals surface area (Å²) in [7, 11) is 0. The molecule has 5 nitrogen and oxygen atoms in total. The maximum absolute atomic E-state index is 11.2. The summed E-state index contributed by atoms with van der Waals surface area (Å²) in [4.78, 5) is 18.2. The summed E-state index contributed by atoms with van der Waals surface area (Å²) >= 11 is 0. The lowest BCUT2D eigenvalue weighted by Crippen LogP contribution is -2.17. The number of ether oxygens (including phenoxy) is 1. The van der Waals surface area contributed by atoms with Crippen LogP contribution in [0.15, 0.2) is 10.9 Å². The fourth-order valence-electron chi connectivity index (χ4n) is 1.24. The molecule has 5 heteroatoms. The molecule has 0 atom stereocenters. The molecule has 0 radical (unpaired) electrons. The van der Waals surface area contributed by atoms with Gasteiger partial charge in [0.25, 0.3) is 5.56 Å². The molecule has 0 saturated heterocycles. The van der Waals surface area contributed by atoms with Gasteiger partial charge in [0.1, 0.15) is 11.6 Å². The minimum Gasteiger partial charge on any atom is -0.377 e. The molecule has 0 aliphatic carbocycles. The average molecular weight is 225 g/mol. The number of hydrogen-bond donors (Lipinski definition) is 2. The van der Waals surface area contributed by atoms with Crippen molar-refractivity contribution in [3.63, 3.8) is 0 Å². The van der Waals surface area contributed by atoms with Crippen molar-refractivity contribution in [2.24, 2.45) is 0 Å². The second kappa shape index (κ2) is 6.27. The zero-order valence-electron chi connectivity index (χ0n) is 10.0. The van der Waals surface area contributed by atoms with Crippen LogP contribution in [0.25, 0.3) is 0 Å². The Labute approximate surface area is 95.3 Å². The quantitative estimate of drug-likeness (QED) is 0.713. The molecule has 0 saturated carbocycles. The molecule has 0 unspecified atom stereocenters. The van der Waals surface area contributed by atoms with Crippen molar-refractivity contribution in [2.45, 2.75) is 33.3 Å². The normalized spacial score (nSPS) is 10.8. The highest BCUT2D eigenvalue weighted by atomic mass is 16.5. The molecule has 0 bridgehead atoms. The standard InChI is InChI=1S/C11H19N3O2/c1-4-9-13-10(7-11(15)14-9)12-5-6-16-8(2)3/h7-8H,4-6H2,1-3H3,(H2,12,13,14,15). The maximum Gasteiger partial charge on any atom is 0.252 e. The third-order valence-electron chi connectivity index (χ3n) is 1.98. The largest absolute Gasteiger partial charge is 0.377 e. The van der Waals surface area contributed by atoms with E-state index in [9.17, 15) is 4.79 Å². The van der Waals surface area contributed by atoms with Crippen LogP contribution in [0.2, 0.25) is 0 Å². The van der Waals surface area contributed by atoms with Crippen LogP contribution in [0, 0.1) is 0 Å². The van der Waals surface area contributed by atoms with Gasteiger partial charge in [-0.3, -0.25) is 4.79 Å². The average Bonchev–Trinajstić information content (AvgIpc) is 2.23. The van der Waals surface area contributed by atoms with E-state index in [0.29, 0.717) is 31.2 Å². The van der Waals surface area contributed by atoms with E-state index in [1.807, 2.05) is 20.8 Å². The molecular weight excluding hydrogens is 206 g/mol. The highest BCUT2D eigenvalue weighted by Gasteiger charge is 1.99. The molecule has 16 heavy (non-hydrogen) atoms. The van der Waals surface area contributed by atoms with Crippen molar-refractivity contribution in [1.82, 2.24) is 9.97 Å². The monoisotopic (exact) mass is 225 g/mol. The number of hydrogen-bond acceptors (Lipinski definition) is 4. The number of nitrogens with one attached hydrogen (secondary N) is 2. The highest BCUT2D eigenvalue weighted by Crippen LogP contribution is 1.98. The minimum atomic E-state index is -0.126. The van der Waals surface area contributed by atoms with Crippen LogP contribution in [0.4, 0.5) is 5.82 Å². The summed E-state index contributed by atoms with van der Waals surface area (Å²) in [5, 5.41) is 3.06. The molecule has 90 valence electrons. The van der Waals surface area contributed by atoms with E-state index >= 15 is 0 Å². The van der Waals surface area contributed by atoms with Gasteiger partial charge in [-0.1, -0.05) is 6.92 Å². The van der Waals surface area contributed by atoms with Crippen LogP contribution >= 0.6 is 0 Å². The Balaban J connectivity index is 2.47. The lowest BCUT2D eigenvalue weighted by atomic mass is 10.4. The molecule has 1 heterocycles. The fourth-order valence-corrected chi connectivity index (χ4v) is 1.24. The molecule has 0 spiro atoms. The number of rotatable bonds is 6.